The third kappa shape index (κ3) is 2.21. The SMILES string of the molecule is CNCc1cc(-c2cccc(Cl)c2Cl)n[nH]1. The van der Waals surface area contributed by atoms with E-state index >= 15 is 0 Å². The molecule has 1 heterocycles. The Labute approximate surface area is 104 Å². The van der Waals surface area contributed by atoms with E-state index in [-0.39, 0.29) is 0 Å². The van der Waals surface area contributed by atoms with E-state index in [1.807, 2.05) is 25.2 Å². The summed E-state index contributed by atoms with van der Waals surface area (Å²) >= 11 is 12.1. The van der Waals surface area contributed by atoms with Gasteiger partial charge in [-0.2, -0.15) is 5.10 Å². The summed E-state index contributed by atoms with van der Waals surface area (Å²) in [7, 11) is 1.88. The predicted molar refractivity (Wildman–Crippen MR) is 66.8 cm³/mol. The van der Waals surface area contributed by atoms with E-state index < -0.39 is 0 Å². The van der Waals surface area contributed by atoms with E-state index in [1.165, 1.54) is 0 Å². The molecular formula is C11H11Cl2N3. The second kappa shape index (κ2) is 4.87. The van der Waals surface area contributed by atoms with Crippen molar-refractivity contribution in [2.45, 2.75) is 6.54 Å². The van der Waals surface area contributed by atoms with Gasteiger partial charge in [-0.25, -0.2) is 0 Å². The van der Waals surface area contributed by atoms with Gasteiger partial charge in [-0.1, -0.05) is 35.3 Å². The van der Waals surface area contributed by atoms with Crippen LogP contribution in [-0.4, -0.2) is 17.2 Å². The van der Waals surface area contributed by atoms with Gasteiger partial charge in [-0.15, -0.1) is 0 Å². The molecule has 0 saturated heterocycles. The Balaban J connectivity index is 2.39. The minimum Gasteiger partial charge on any atom is -0.314 e. The monoisotopic (exact) mass is 255 g/mol. The molecule has 84 valence electrons. The number of hydrogen-bond acceptors (Lipinski definition) is 2. The number of rotatable bonds is 3. The number of hydrogen-bond donors (Lipinski definition) is 2. The molecule has 0 atom stereocenters. The first-order valence-corrected chi connectivity index (χ1v) is 5.61. The molecule has 0 aliphatic carbocycles. The molecule has 5 heteroatoms. The van der Waals surface area contributed by atoms with Crippen molar-refractivity contribution < 1.29 is 0 Å². The number of aromatic amines is 1. The minimum atomic E-state index is 0.534. The van der Waals surface area contributed by atoms with Crippen molar-refractivity contribution in [2.75, 3.05) is 7.05 Å². The van der Waals surface area contributed by atoms with Crippen molar-refractivity contribution in [1.29, 1.82) is 0 Å². The average molecular weight is 256 g/mol. The molecule has 16 heavy (non-hydrogen) atoms. The van der Waals surface area contributed by atoms with Crippen LogP contribution in [0.4, 0.5) is 0 Å². The molecule has 2 rings (SSSR count). The topological polar surface area (TPSA) is 40.7 Å². The Kier molecular flexibility index (Phi) is 3.49. The van der Waals surface area contributed by atoms with E-state index in [9.17, 15) is 0 Å². The number of H-pyrrole nitrogens is 1. The maximum atomic E-state index is 6.11. The first-order chi connectivity index (χ1) is 7.72. The summed E-state index contributed by atoms with van der Waals surface area (Å²) in [5.74, 6) is 0. The van der Waals surface area contributed by atoms with Gasteiger partial charge in [0.25, 0.3) is 0 Å². The van der Waals surface area contributed by atoms with E-state index in [1.54, 1.807) is 6.07 Å². The highest BCUT2D eigenvalue weighted by atomic mass is 35.5. The highest BCUT2D eigenvalue weighted by Gasteiger charge is 2.09. The lowest BCUT2D eigenvalue weighted by Crippen LogP contribution is -2.04. The standard InChI is InChI=1S/C11H11Cl2N3/c1-14-6-7-5-10(16-15-7)8-3-2-4-9(12)11(8)13/h2-5,14H,6H2,1H3,(H,15,16). The molecule has 1 aromatic carbocycles. The summed E-state index contributed by atoms with van der Waals surface area (Å²) in [4.78, 5) is 0. The Bertz CT molecular complexity index is 494. The number of nitrogens with one attached hydrogen (secondary N) is 2. The zero-order valence-electron chi connectivity index (χ0n) is 8.72. The van der Waals surface area contributed by atoms with E-state index in [0.29, 0.717) is 10.0 Å². The zero-order valence-corrected chi connectivity index (χ0v) is 10.2. The number of aromatic nitrogens is 2. The van der Waals surface area contributed by atoms with Crippen LogP contribution >= 0.6 is 23.2 Å². The Morgan fingerprint density at radius 3 is 2.94 bits per heavy atom. The summed E-state index contributed by atoms with van der Waals surface area (Å²) in [6.45, 7) is 0.741. The third-order valence-corrected chi connectivity index (χ3v) is 3.04. The molecule has 0 unspecified atom stereocenters. The molecule has 0 bridgehead atoms. The van der Waals surface area contributed by atoms with Crippen LogP contribution in [0.5, 0.6) is 0 Å². The fourth-order valence-electron chi connectivity index (χ4n) is 1.48. The molecule has 0 aliphatic rings. The number of halogens is 2. The van der Waals surface area contributed by atoms with Gasteiger partial charge in [0.05, 0.1) is 15.7 Å². The van der Waals surface area contributed by atoms with Crippen molar-refractivity contribution in [1.82, 2.24) is 15.5 Å². The fourth-order valence-corrected chi connectivity index (χ4v) is 1.88. The van der Waals surface area contributed by atoms with Gasteiger partial charge < -0.3 is 5.32 Å². The summed E-state index contributed by atoms with van der Waals surface area (Å²) < 4.78 is 0. The van der Waals surface area contributed by atoms with E-state index in [4.69, 9.17) is 23.2 Å². The average Bonchev–Trinajstić information content (AvgIpc) is 2.71. The number of benzene rings is 1. The van der Waals surface area contributed by atoms with Crippen molar-refractivity contribution >= 4 is 23.2 Å². The molecule has 0 spiro atoms. The predicted octanol–water partition coefficient (Wildman–Crippen LogP) is 3.10. The number of nitrogens with zero attached hydrogens (tertiary/aromatic N) is 1. The molecule has 2 aromatic rings. The van der Waals surface area contributed by atoms with Gasteiger partial charge >= 0.3 is 0 Å². The van der Waals surface area contributed by atoms with Crippen LogP contribution in [0.3, 0.4) is 0 Å². The van der Waals surface area contributed by atoms with Gasteiger partial charge in [-0.05, 0) is 19.2 Å². The highest BCUT2D eigenvalue weighted by molar-refractivity contribution is 6.43. The molecule has 3 nitrogen and oxygen atoms in total. The van der Waals surface area contributed by atoms with Crippen LogP contribution < -0.4 is 5.32 Å². The lowest BCUT2D eigenvalue weighted by Gasteiger charge is -2.01. The molecule has 2 N–H and O–H groups in total. The van der Waals surface area contributed by atoms with Gasteiger partial charge in [0, 0.05) is 17.8 Å². The molecular weight excluding hydrogens is 245 g/mol. The van der Waals surface area contributed by atoms with Crippen molar-refractivity contribution in [3.63, 3.8) is 0 Å². The molecule has 1 aromatic heterocycles. The highest BCUT2D eigenvalue weighted by Crippen LogP contribution is 2.32. The van der Waals surface area contributed by atoms with Gasteiger partial charge in [0.1, 0.15) is 0 Å². The Morgan fingerprint density at radius 1 is 1.38 bits per heavy atom. The van der Waals surface area contributed by atoms with Crippen molar-refractivity contribution in [3.8, 4) is 11.3 Å². The molecule has 0 aliphatic heterocycles. The lowest BCUT2D eigenvalue weighted by atomic mass is 10.1. The molecule has 0 fully saturated rings. The summed E-state index contributed by atoms with van der Waals surface area (Å²) in [6.07, 6.45) is 0. The normalized spacial score (nSPS) is 10.7. The zero-order chi connectivity index (χ0) is 11.5. The summed E-state index contributed by atoms with van der Waals surface area (Å²) in [6, 6.07) is 7.46. The van der Waals surface area contributed by atoms with Crippen LogP contribution in [0.15, 0.2) is 24.3 Å². The van der Waals surface area contributed by atoms with Crippen molar-refractivity contribution in [3.05, 3.63) is 40.0 Å². The minimum absolute atomic E-state index is 0.534. The summed E-state index contributed by atoms with van der Waals surface area (Å²) in [5.41, 5.74) is 2.65. The molecule has 0 radical (unpaired) electrons. The largest absolute Gasteiger partial charge is 0.314 e. The van der Waals surface area contributed by atoms with Crippen LogP contribution in [0.2, 0.25) is 10.0 Å². The first kappa shape index (κ1) is 11.5. The molecule has 0 amide bonds. The second-order valence-electron chi connectivity index (χ2n) is 3.41. The smallest absolute Gasteiger partial charge is 0.0939 e. The molecule has 0 saturated carbocycles. The quantitative estimate of drug-likeness (QED) is 0.885. The first-order valence-electron chi connectivity index (χ1n) is 4.85. The van der Waals surface area contributed by atoms with Crippen LogP contribution in [0, 0.1) is 0 Å². The fraction of sp³-hybridized carbons (Fsp3) is 0.182. The van der Waals surface area contributed by atoms with Gasteiger partial charge in [-0.3, -0.25) is 5.10 Å². The Hall–Kier alpha value is -1.03. The van der Waals surface area contributed by atoms with E-state index in [2.05, 4.69) is 15.5 Å². The Morgan fingerprint density at radius 2 is 2.19 bits per heavy atom. The van der Waals surface area contributed by atoms with Gasteiger partial charge in [0.2, 0.25) is 0 Å². The van der Waals surface area contributed by atoms with Crippen LogP contribution in [-0.2, 0) is 6.54 Å². The lowest BCUT2D eigenvalue weighted by molar-refractivity contribution is 0.784. The maximum Gasteiger partial charge on any atom is 0.0939 e. The van der Waals surface area contributed by atoms with Crippen LogP contribution in [0.25, 0.3) is 11.3 Å². The van der Waals surface area contributed by atoms with E-state index in [0.717, 1.165) is 23.5 Å². The summed E-state index contributed by atoms with van der Waals surface area (Å²) in [5, 5.41) is 11.3. The maximum absolute atomic E-state index is 6.11. The van der Waals surface area contributed by atoms with Gasteiger partial charge in [0.15, 0.2) is 0 Å². The third-order valence-electron chi connectivity index (χ3n) is 2.23. The van der Waals surface area contributed by atoms with Crippen LogP contribution in [0.1, 0.15) is 5.69 Å². The second-order valence-corrected chi connectivity index (χ2v) is 4.20. The van der Waals surface area contributed by atoms with Crippen molar-refractivity contribution in [2.24, 2.45) is 0 Å².